The Labute approximate surface area is 166 Å². The van der Waals surface area contributed by atoms with E-state index in [0.717, 1.165) is 25.4 Å². The van der Waals surface area contributed by atoms with Crippen LogP contribution in [0.1, 0.15) is 56.4 Å². The third-order valence-corrected chi connectivity index (χ3v) is 5.19. The van der Waals surface area contributed by atoms with E-state index in [1.165, 1.54) is 5.56 Å². The van der Waals surface area contributed by atoms with E-state index < -0.39 is 0 Å². The summed E-state index contributed by atoms with van der Waals surface area (Å²) in [7, 11) is 0. The molecule has 0 saturated heterocycles. The van der Waals surface area contributed by atoms with Gasteiger partial charge in [-0.05, 0) is 36.2 Å². The molecule has 7 heteroatoms. The van der Waals surface area contributed by atoms with Gasteiger partial charge in [0.2, 0.25) is 5.89 Å². The van der Waals surface area contributed by atoms with Crippen LogP contribution in [-0.2, 0) is 12.0 Å². The van der Waals surface area contributed by atoms with E-state index in [-0.39, 0.29) is 17.9 Å². The van der Waals surface area contributed by atoms with Gasteiger partial charge in [-0.15, -0.1) is 10.2 Å². The smallest absolute Gasteiger partial charge is 0.276 e. The molecule has 0 aliphatic rings. The van der Waals surface area contributed by atoms with Crippen molar-refractivity contribution in [2.24, 2.45) is 0 Å². The van der Waals surface area contributed by atoms with Gasteiger partial charge >= 0.3 is 0 Å². The lowest BCUT2D eigenvalue weighted by Crippen LogP contribution is -2.25. The number of carbonyl (C=O) groups excluding carboxylic acids is 1. The summed E-state index contributed by atoms with van der Waals surface area (Å²) in [6, 6.07) is 7.68. The summed E-state index contributed by atoms with van der Waals surface area (Å²) in [4.78, 5) is 14.6. The summed E-state index contributed by atoms with van der Waals surface area (Å²) in [5, 5.41) is 11.4. The molecule has 1 heterocycles. The van der Waals surface area contributed by atoms with Crippen LogP contribution in [0.3, 0.4) is 0 Å². The molecule has 27 heavy (non-hydrogen) atoms. The molecule has 0 atom stereocenters. The molecule has 1 amide bonds. The summed E-state index contributed by atoms with van der Waals surface area (Å²) in [5.41, 5.74) is 1.89. The number of carbonyl (C=O) groups is 1. The van der Waals surface area contributed by atoms with Crippen LogP contribution in [0, 0.1) is 0 Å². The third kappa shape index (κ3) is 6.66. The number of nitrogens with zero attached hydrogens (tertiary/aromatic N) is 3. The minimum absolute atomic E-state index is 0.0676. The van der Waals surface area contributed by atoms with Crippen molar-refractivity contribution >= 4 is 17.7 Å². The van der Waals surface area contributed by atoms with Gasteiger partial charge in [-0.2, -0.15) is 0 Å². The Morgan fingerprint density at radius 3 is 2.41 bits per heavy atom. The van der Waals surface area contributed by atoms with Crippen molar-refractivity contribution in [3.05, 3.63) is 41.3 Å². The average Bonchev–Trinajstić information content (AvgIpc) is 3.10. The first-order chi connectivity index (χ1) is 12.8. The number of amides is 1. The second-order valence-corrected chi connectivity index (χ2v) is 8.39. The second kappa shape index (κ2) is 9.90. The van der Waals surface area contributed by atoms with Gasteiger partial charge in [-0.1, -0.05) is 58.5 Å². The van der Waals surface area contributed by atoms with Crippen molar-refractivity contribution in [3.63, 3.8) is 0 Å². The molecule has 0 spiro atoms. The van der Waals surface area contributed by atoms with Crippen molar-refractivity contribution in [1.82, 2.24) is 20.4 Å². The van der Waals surface area contributed by atoms with E-state index in [1.54, 1.807) is 11.8 Å². The first kappa shape index (κ1) is 21.4. The molecule has 0 aliphatic heterocycles. The molecule has 0 radical (unpaired) electrons. The summed E-state index contributed by atoms with van der Waals surface area (Å²) in [6.45, 7) is 14.0. The van der Waals surface area contributed by atoms with Crippen molar-refractivity contribution in [1.29, 1.82) is 0 Å². The van der Waals surface area contributed by atoms with E-state index in [2.05, 4.69) is 55.0 Å². The zero-order valence-electron chi connectivity index (χ0n) is 16.9. The van der Waals surface area contributed by atoms with Crippen LogP contribution < -0.4 is 5.32 Å². The summed E-state index contributed by atoms with van der Waals surface area (Å²) >= 11 is 1.54. The van der Waals surface area contributed by atoms with E-state index in [4.69, 9.17) is 4.42 Å². The van der Waals surface area contributed by atoms with Crippen molar-refractivity contribution < 1.29 is 9.21 Å². The third-order valence-electron chi connectivity index (χ3n) is 4.39. The van der Waals surface area contributed by atoms with Crippen LogP contribution in [0.15, 0.2) is 33.9 Å². The molecule has 2 rings (SSSR count). The number of benzene rings is 1. The Bertz CT molecular complexity index is 718. The maximum Gasteiger partial charge on any atom is 0.276 e. The molecule has 0 bridgehead atoms. The molecule has 1 N–H and O–H groups in total. The molecule has 0 unspecified atom stereocenters. The second-order valence-electron chi connectivity index (χ2n) is 7.35. The van der Waals surface area contributed by atoms with Gasteiger partial charge in [0.15, 0.2) is 0 Å². The topological polar surface area (TPSA) is 71.3 Å². The van der Waals surface area contributed by atoms with Crippen molar-refractivity contribution in [2.45, 2.75) is 51.8 Å². The number of hydrogen-bond donors (Lipinski definition) is 1. The largest absolute Gasteiger partial charge is 0.414 e. The standard InChI is InChI=1S/C20H30N4O2S/c1-6-24(7-2)12-13-27-19-23-22-17(26-19)14-21-18(25)15-8-10-16(11-9-15)20(3,4)5/h8-11H,6-7,12-14H2,1-5H3,(H,21,25). The predicted octanol–water partition coefficient (Wildman–Crippen LogP) is 3.73. The molecule has 0 saturated carbocycles. The van der Waals surface area contributed by atoms with Gasteiger partial charge in [0.1, 0.15) is 0 Å². The number of hydrogen-bond acceptors (Lipinski definition) is 6. The molecule has 0 fully saturated rings. The zero-order chi connectivity index (χ0) is 19.9. The van der Waals surface area contributed by atoms with Crippen LogP contribution in [0.4, 0.5) is 0 Å². The minimum atomic E-state index is -0.149. The number of thioether (sulfide) groups is 1. The molecule has 1 aromatic heterocycles. The van der Waals surface area contributed by atoms with Gasteiger partial charge in [-0.25, -0.2) is 0 Å². The highest BCUT2D eigenvalue weighted by molar-refractivity contribution is 7.99. The first-order valence-electron chi connectivity index (χ1n) is 9.39. The average molecular weight is 391 g/mol. The SMILES string of the molecule is CCN(CC)CCSc1nnc(CNC(=O)c2ccc(C(C)(C)C)cc2)o1. The predicted molar refractivity (Wildman–Crippen MR) is 109 cm³/mol. The highest BCUT2D eigenvalue weighted by Crippen LogP contribution is 2.22. The lowest BCUT2D eigenvalue weighted by molar-refractivity contribution is 0.0946. The minimum Gasteiger partial charge on any atom is -0.414 e. The van der Waals surface area contributed by atoms with E-state index in [0.29, 0.717) is 16.7 Å². The number of rotatable bonds is 9. The maximum atomic E-state index is 12.3. The highest BCUT2D eigenvalue weighted by Gasteiger charge is 2.15. The van der Waals surface area contributed by atoms with Crippen LogP contribution in [-0.4, -0.2) is 46.4 Å². The van der Waals surface area contributed by atoms with Gasteiger partial charge in [-0.3, -0.25) is 4.79 Å². The van der Waals surface area contributed by atoms with E-state index in [9.17, 15) is 4.79 Å². The van der Waals surface area contributed by atoms with Crippen LogP contribution >= 0.6 is 11.8 Å². The fourth-order valence-electron chi connectivity index (χ4n) is 2.55. The normalized spacial score (nSPS) is 11.8. The van der Waals surface area contributed by atoms with Crippen molar-refractivity contribution in [2.75, 3.05) is 25.4 Å². The Morgan fingerprint density at radius 1 is 1.15 bits per heavy atom. The molecule has 6 nitrogen and oxygen atoms in total. The van der Waals surface area contributed by atoms with E-state index >= 15 is 0 Å². The summed E-state index contributed by atoms with van der Waals surface area (Å²) in [5.74, 6) is 1.17. The Kier molecular flexibility index (Phi) is 7.86. The molecular weight excluding hydrogens is 360 g/mol. The Hall–Kier alpha value is -1.86. The lowest BCUT2D eigenvalue weighted by atomic mass is 9.87. The number of nitrogens with one attached hydrogen (secondary N) is 1. The van der Waals surface area contributed by atoms with Crippen LogP contribution in [0.2, 0.25) is 0 Å². The fraction of sp³-hybridized carbons (Fsp3) is 0.550. The highest BCUT2D eigenvalue weighted by atomic mass is 32.2. The van der Waals surface area contributed by atoms with Crippen LogP contribution in [0.5, 0.6) is 0 Å². The molecule has 1 aromatic carbocycles. The van der Waals surface area contributed by atoms with Crippen molar-refractivity contribution in [3.8, 4) is 0 Å². The lowest BCUT2D eigenvalue weighted by Gasteiger charge is -2.18. The van der Waals surface area contributed by atoms with Gasteiger partial charge < -0.3 is 14.6 Å². The van der Waals surface area contributed by atoms with Gasteiger partial charge in [0, 0.05) is 17.9 Å². The fourth-order valence-corrected chi connectivity index (χ4v) is 3.33. The summed E-state index contributed by atoms with van der Waals surface area (Å²) < 4.78 is 5.59. The van der Waals surface area contributed by atoms with E-state index in [1.807, 2.05) is 24.3 Å². The molecular formula is C20H30N4O2S. The zero-order valence-corrected chi connectivity index (χ0v) is 17.7. The Balaban J connectivity index is 1.81. The molecule has 148 valence electrons. The number of aromatic nitrogens is 2. The summed E-state index contributed by atoms with van der Waals surface area (Å²) in [6.07, 6.45) is 0. The van der Waals surface area contributed by atoms with Gasteiger partial charge in [0.05, 0.1) is 6.54 Å². The Morgan fingerprint density at radius 2 is 1.81 bits per heavy atom. The molecule has 0 aliphatic carbocycles. The quantitative estimate of drug-likeness (QED) is 0.658. The monoisotopic (exact) mass is 390 g/mol. The first-order valence-corrected chi connectivity index (χ1v) is 10.4. The molecule has 2 aromatic rings. The maximum absolute atomic E-state index is 12.3. The van der Waals surface area contributed by atoms with Gasteiger partial charge in [0.25, 0.3) is 11.1 Å². The van der Waals surface area contributed by atoms with Crippen LogP contribution in [0.25, 0.3) is 0 Å².